The minimum atomic E-state index is -0.951. The second kappa shape index (κ2) is 6.24. The first-order valence-corrected chi connectivity index (χ1v) is 6.56. The van der Waals surface area contributed by atoms with Crippen LogP contribution in [-0.2, 0) is 11.2 Å². The number of hydrogen-bond acceptors (Lipinski definition) is 2. The van der Waals surface area contributed by atoms with E-state index in [-0.39, 0.29) is 0 Å². The van der Waals surface area contributed by atoms with E-state index in [4.69, 9.17) is 4.74 Å². The molecule has 0 radical (unpaired) electrons. The van der Waals surface area contributed by atoms with Crippen molar-refractivity contribution in [3.8, 4) is 5.75 Å². The lowest BCUT2D eigenvalue weighted by Gasteiger charge is -2.16. The maximum absolute atomic E-state index is 11.4. The van der Waals surface area contributed by atoms with Crippen LogP contribution >= 0.6 is 0 Å². The predicted molar refractivity (Wildman–Crippen MR) is 78.1 cm³/mol. The molecular weight excluding hydrogens is 252 g/mol. The van der Waals surface area contributed by atoms with Gasteiger partial charge in [0.2, 0.25) is 0 Å². The number of aliphatic carboxylic acids is 1. The molecule has 1 atom stereocenters. The molecule has 20 heavy (non-hydrogen) atoms. The van der Waals surface area contributed by atoms with Crippen LogP contribution in [-0.4, -0.2) is 17.2 Å². The summed E-state index contributed by atoms with van der Waals surface area (Å²) < 4.78 is 5.56. The van der Waals surface area contributed by atoms with Crippen molar-refractivity contribution in [2.75, 3.05) is 0 Å². The molecule has 0 saturated carbocycles. The van der Waals surface area contributed by atoms with E-state index in [2.05, 4.69) is 6.07 Å². The van der Waals surface area contributed by atoms with Crippen LogP contribution in [0.1, 0.15) is 16.7 Å². The van der Waals surface area contributed by atoms with Crippen LogP contribution in [0, 0.1) is 13.8 Å². The number of carboxylic acid groups (broad SMARTS) is 1. The van der Waals surface area contributed by atoms with Gasteiger partial charge in [-0.1, -0.05) is 47.5 Å². The third-order valence-corrected chi connectivity index (χ3v) is 3.00. The molecule has 0 aliphatic rings. The molecule has 0 unspecified atom stereocenters. The van der Waals surface area contributed by atoms with Crippen molar-refractivity contribution in [2.45, 2.75) is 26.4 Å². The highest BCUT2D eigenvalue weighted by molar-refractivity contribution is 5.73. The average molecular weight is 270 g/mol. The molecule has 0 heterocycles. The Morgan fingerprint density at radius 2 is 1.70 bits per heavy atom. The quantitative estimate of drug-likeness (QED) is 0.906. The number of benzene rings is 2. The van der Waals surface area contributed by atoms with Gasteiger partial charge in [-0.05, 0) is 31.5 Å². The molecule has 0 saturated heterocycles. The van der Waals surface area contributed by atoms with Crippen molar-refractivity contribution in [1.82, 2.24) is 0 Å². The summed E-state index contributed by atoms with van der Waals surface area (Å²) in [5.74, 6) is -0.378. The number of carboxylic acids is 1. The van der Waals surface area contributed by atoms with E-state index < -0.39 is 12.1 Å². The number of aryl methyl sites for hydroxylation is 2. The standard InChI is InChI=1S/C17H18O3/c1-12-8-13(2)10-14(9-12)11-16(17(18)19)20-15-6-4-3-5-7-15/h3-10,16H,11H2,1-2H3,(H,18,19)/t16-/m0/s1. The first-order chi connectivity index (χ1) is 9.54. The number of carbonyl (C=O) groups is 1. The normalized spacial score (nSPS) is 11.9. The zero-order valence-corrected chi connectivity index (χ0v) is 11.7. The minimum Gasteiger partial charge on any atom is -0.478 e. The van der Waals surface area contributed by atoms with Crippen LogP contribution < -0.4 is 4.74 Å². The Bertz CT molecular complexity index is 570. The number of hydrogen-bond donors (Lipinski definition) is 1. The van der Waals surface area contributed by atoms with Gasteiger partial charge in [-0.3, -0.25) is 0 Å². The molecular formula is C17H18O3. The molecule has 2 rings (SSSR count). The summed E-state index contributed by atoms with van der Waals surface area (Å²) in [6, 6.07) is 15.1. The molecule has 2 aromatic rings. The Hall–Kier alpha value is -2.29. The molecule has 0 bridgehead atoms. The van der Waals surface area contributed by atoms with Gasteiger partial charge in [-0.2, -0.15) is 0 Å². The summed E-state index contributed by atoms with van der Waals surface area (Å²) in [6.07, 6.45) is -0.522. The van der Waals surface area contributed by atoms with E-state index in [1.54, 1.807) is 12.1 Å². The molecule has 104 valence electrons. The summed E-state index contributed by atoms with van der Waals surface area (Å²) >= 11 is 0. The van der Waals surface area contributed by atoms with Crippen molar-refractivity contribution in [3.63, 3.8) is 0 Å². The van der Waals surface area contributed by atoms with Gasteiger partial charge in [0.1, 0.15) is 5.75 Å². The number of rotatable bonds is 5. The third-order valence-electron chi connectivity index (χ3n) is 3.00. The van der Waals surface area contributed by atoms with Gasteiger partial charge in [0.15, 0.2) is 6.10 Å². The Morgan fingerprint density at radius 1 is 1.10 bits per heavy atom. The zero-order chi connectivity index (χ0) is 14.5. The summed E-state index contributed by atoms with van der Waals surface area (Å²) in [7, 11) is 0. The van der Waals surface area contributed by atoms with Crippen molar-refractivity contribution >= 4 is 5.97 Å². The fourth-order valence-corrected chi connectivity index (χ4v) is 2.24. The highest BCUT2D eigenvalue weighted by atomic mass is 16.5. The van der Waals surface area contributed by atoms with Crippen LogP contribution in [0.3, 0.4) is 0 Å². The molecule has 0 amide bonds. The van der Waals surface area contributed by atoms with E-state index in [1.807, 2.05) is 44.2 Å². The van der Waals surface area contributed by atoms with Gasteiger partial charge in [0.05, 0.1) is 0 Å². The van der Waals surface area contributed by atoms with Crippen molar-refractivity contribution in [1.29, 1.82) is 0 Å². The summed E-state index contributed by atoms with van der Waals surface area (Å²) in [5, 5.41) is 9.31. The molecule has 1 N–H and O–H groups in total. The minimum absolute atomic E-state index is 0.354. The van der Waals surface area contributed by atoms with Gasteiger partial charge in [-0.15, -0.1) is 0 Å². The molecule has 0 aliphatic carbocycles. The van der Waals surface area contributed by atoms with Crippen LogP contribution in [0.2, 0.25) is 0 Å². The Labute approximate surface area is 118 Å². The second-order valence-corrected chi connectivity index (χ2v) is 4.96. The van der Waals surface area contributed by atoms with Crippen molar-refractivity contribution in [2.24, 2.45) is 0 Å². The van der Waals surface area contributed by atoms with Crippen molar-refractivity contribution < 1.29 is 14.6 Å². The fourth-order valence-electron chi connectivity index (χ4n) is 2.24. The Balaban J connectivity index is 2.15. The fraction of sp³-hybridized carbons (Fsp3) is 0.235. The van der Waals surface area contributed by atoms with E-state index >= 15 is 0 Å². The summed E-state index contributed by atoms with van der Waals surface area (Å²) in [5.41, 5.74) is 3.23. The lowest BCUT2D eigenvalue weighted by molar-refractivity contribution is -0.145. The van der Waals surface area contributed by atoms with E-state index in [1.165, 1.54) is 0 Å². The van der Waals surface area contributed by atoms with Gasteiger partial charge in [-0.25, -0.2) is 4.79 Å². The van der Waals surface area contributed by atoms with Gasteiger partial charge in [0.25, 0.3) is 0 Å². The Kier molecular flexibility index (Phi) is 4.41. The Morgan fingerprint density at radius 3 is 2.25 bits per heavy atom. The maximum Gasteiger partial charge on any atom is 0.345 e. The molecule has 3 heteroatoms. The topological polar surface area (TPSA) is 46.5 Å². The zero-order valence-electron chi connectivity index (χ0n) is 11.7. The smallest absolute Gasteiger partial charge is 0.345 e. The second-order valence-electron chi connectivity index (χ2n) is 4.96. The van der Waals surface area contributed by atoms with Crippen LogP contribution in [0.25, 0.3) is 0 Å². The lowest BCUT2D eigenvalue weighted by Crippen LogP contribution is -2.29. The van der Waals surface area contributed by atoms with Crippen molar-refractivity contribution in [3.05, 3.63) is 65.2 Å². The molecule has 0 fully saturated rings. The summed E-state index contributed by atoms with van der Waals surface area (Å²) in [6.45, 7) is 4.01. The average Bonchev–Trinajstić information content (AvgIpc) is 2.38. The molecule has 0 spiro atoms. The molecule has 0 aliphatic heterocycles. The maximum atomic E-state index is 11.4. The van der Waals surface area contributed by atoms with Crippen LogP contribution in [0.4, 0.5) is 0 Å². The molecule has 3 nitrogen and oxygen atoms in total. The first-order valence-electron chi connectivity index (χ1n) is 6.56. The largest absolute Gasteiger partial charge is 0.478 e. The highest BCUT2D eigenvalue weighted by Gasteiger charge is 2.20. The van der Waals surface area contributed by atoms with Gasteiger partial charge < -0.3 is 9.84 Å². The monoisotopic (exact) mass is 270 g/mol. The van der Waals surface area contributed by atoms with E-state index in [9.17, 15) is 9.90 Å². The SMILES string of the molecule is Cc1cc(C)cc(C[C@H](Oc2ccccc2)C(=O)O)c1. The molecule has 2 aromatic carbocycles. The van der Waals surface area contributed by atoms with E-state index in [0.29, 0.717) is 12.2 Å². The predicted octanol–water partition coefficient (Wildman–Crippen LogP) is 3.38. The first kappa shape index (κ1) is 14.1. The number of para-hydroxylation sites is 1. The molecule has 0 aromatic heterocycles. The third kappa shape index (κ3) is 3.85. The van der Waals surface area contributed by atoms with Gasteiger partial charge >= 0.3 is 5.97 Å². The van der Waals surface area contributed by atoms with E-state index in [0.717, 1.165) is 16.7 Å². The van der Waals surface area contributed by atoms with Gasteiger partial charge in [0, 0.05) is 6.42 Å². The van der Waals surface area contributed by atoms with Crippen LogP contribution in [0.15, 0.2) is 48.5 Å². The lowest BCUT2D eigenvalue weighted by atomic mass is 10.0. The van der Waals surface area contributed by atoms with Crippen LogP contribution in [0.5, 0.6) is 5.75 Å². The highest BCUT2D eigenvalue weighted by Crippen LogP contribution is 2.16. The number of ether oxygens (including phenoxy) is 1. The summed E-state index contributed by atoms with van der Waals surface area (Å²) in [4.78, 5) is 11.4.